The average molecular weight is 307 g/mol. The number of hydrogen-bond acceptors (Lipinski definition) is 4. The summed E-state index contributed by atoms with van der Waals surface area (Å²) < 4.78 is 11.2. The first-order valence-corrected chi connectivity index (χ1v) is 7.66. The smallest absolute Gasteiger partial charge is 0.410 e. The van der Waals surface area contributed by atoms with E-state index in [1.54, 1.807) is 4.90 Å². The fraction of sp³-hybridized carbons (Fsp3) is 0.588. The van der Waals surface area contributed by atoms with Crippen molar-refractivity contribution in [1.29, 1.82) is 0 Å². The lowest BCUT2D eigenvalue weighted by Crippen LogP contribution is -2.40. The van der Waals surface area contributed by atoms with Crippen LogP contribution < -0.4 is 0 Å². The number of aliphatic hydroxyl groups is 1. The predicted octanol–water partition coefficient (Wildman–Crippen LogP) is 2.40. The first-order valence-electron chi connectivity index (χ1n) is 7.66. The molecule has 0 bridgehead atoms. The summed E-state index contributed by atoms with van der Waals surface area (Å²) in [6.07, 6.45) is -0.648. The normalized spacial score (nSPS) is 23.0. The van der Waals surface area contributed by atoms with Gasteiger partial charge in [0.2, 0.25) is 0 Å². The first kappa shape index (κ1) is 16.8. The lowest BCUT2D eigenvalue weighted by molar-refractivity contribution is 0.00925. The van der Waals surface area contributed by atoms with E-state index in [1.807, 2.05) is 51.1 Å². The fourth-order valence-electron chi connectivity index (χ4n) is 2.57. The number of rotatable bonds is 2. The molecule has 1 amide bonds. The summed E-state index contributed by atoms with van der Waals surface area (Å²) in [6.45, 7) is 6.83. The lowest BCUT2D eigenvalue weighted by atomic mass is 9.93. The molecule has 0 saturated carbocycles. The van der Waals surface area contributed by atoms with Gasteiger partial charge in [0, 0.05) is 19.0 Å². The lowest BCUT2D eigenvalue weighted by Gasteiger charge is -2.29. The molecule has 122 valence electrons. The van der Waals surface area contributed by atoms with E-state index in [-0.39, 0.29) is 24.7 Å². The van der Waals surface area contributed by atoms with Gasteiger partial charge < -0.3 is 19.5 Å². The van der Waals surface area contributed by atoms with Crippen molar-refractivity contribution in [3.8, 4) is 0 Å². The molecular formula is C17H25NO4. The Morgan fingerprint density at radius 1 is 1.36 bits per heavy atom. The number of benzene rings is 1. The van der Waals surface area contributed by atoms with E-state index in [1.165, 1.54) is 0 Å². The van der Waals surface area contributed by atoms with E-state index >= 15 is 0 Å². The standard InChI is InChI=1S/C17H25NO4/c1-17(2,3)22-16(20)18-9-10-21-15(12-19)14(11-18)13-7-5-4-6-8-13/h4-8,14-15,19H,9-12H2,1-3H3/t14?,15-/m1/s1. The van der Waals surface area contributed by atoms with Crippen LogP contribution in [0.1, 0.15) is 32.3 Å². The maximum absolute atomic E-state index is 12.3. The van der Waals surface area contributed by atoms with E-state index < -0.39 is 5.60 Å². The van der Waals surface area contributed by atoms with Gasteiger partial charge >= 0.3 is 6.09 Å². The summed E-state index contributed by atoms with van der Waals surface area (Å²) in [7, 11) is 0. The molecule has 1 aliphatic heterocycles. The number of carbonyl (C=O) groups is 1. The molecule has 1 aliphatic rings. The number of carbonyl (C=O) groups excluding carboxylic acids is 1. The van der Waals surface area contributed by atoms with Crippen LogP contribution in [0.5, 0.6) is 0 Å². The molecule has 22 heavy (non-hydrogen) atoms. The monoisotopic (exact) mass is 307 g/mol. The summed E-state index contributed by atoms with van der Waals surface area (Å²) in [4.78, 5) is 14.0. The van der Waals surface area contributed by atoms with Gasteiger partial charge in [-0.1, -0.05) is 30.3 Å². The highest BCUT2D eigenvalue weighted by molar-refractivity contribution is 5.68. The molecule has 1 unspecified atom stereocenters. The van der Waals surface area contributed by atoms with Gasteiger partial charge in [0.1, 0.15) is 5.60 Å². The van der Waals surface area contributed by atoms with Crippen LogP contribution in [-0.4, -0.2) is 54.1 Å². The second kappa shape index (κ2) is 7.11. The van der Waals surface area contributed by atoms with Crippen molar-refractivity contribution in [2.75, 3.05) is 26.3 Å². The van der Waals surface area contributed by atoms with Crippen LogP contribution in [0.25, 0.3) is 0 Å². The first-order chi connectivity index (χ1) is 10.4. The zero-order valence-electron chi connectivity index (χ0n) is 13.5. The molecule has 1 saturated heterocycles. The third kappa shape index (κ3) is 4.45. The van der Waals surface area contributed by atoms with Crippen molar-refractivity contribution in [3.63, 3.8) is 0 Å². The van der Waals surface area contributed by atoms with Gasteiger partial charge in [-0.2, -0.15) is 0 Å². The minimum absolute atomic E-state index is 0.0677. The van der Waals surface area contributed by atoms with Crippen molar-refractivity contribution < 1.29 is 19.4 Å². The van der Waals surface area contributed by atoms with E-state index in [4.69, 9.17) is 9.47 Å². The van der Waals surface area contributed by atoms with Crippen LogP contribution in [0.3, 0.4) is 0 Å². The molecule has 0 aromatic heterocycles. The van der Waals surface area contributed by atoms with Crippen molar-refractivity contribution in [3.05, 3.63) is 35.9 Å². The number of nitrogens with zero attached hydrogens (tertiary/aromatic N) is 1. The van der Waals surface area contributed by atoms with Crippen LogP contribution in [0.15, 0.2) is 30.3 Å². The number of aliphatic hydroxyl groups excluding tert-OH is 1. The summed E-state index contributed by atoms with van der Waals surface area (Å²) in [5, 5.41) is 9.60. The molecule has 1 N–H and O–H groups in total. The number of ether oxygens (including phenoxy) is 2. The molecule has 5 nitrogen and oxygen atoms in total. The van der Waals surface area contributed by atoms with Crippen LogP contribution in [-0.2, 0) is 9.47 Å². The van der Waals surface area contributed by atoms with Gasteiger partial charge in [-0.05, 0) is 26.3 Å². The molecule has 0 radical (unpaired) electrons. The maximum Gasteiger partial charge on any atom is 0.410 e. The quantitative estimate of drug-likeness (QED) is 0.911. The molecule has 0 spiro atoms. The van der Waals surface area contributed by atoms with Gasteiger partial charge in [-0.3, -0.25) is 0 Å². The summed E-state index contributed by atoms with van der Waals surface area (Å²) >= 11 is 0. The Kier molecular flexibility index (Phi) is 5.42. The van der Waals surface area contributed by atoms with Gasteiger partial charge in [0.15, 0.2) is 0 Å². The second-order valence-electron chi connectivity index (χ2n) is 6.54. The molecular weight excluding hydrogens is 282 g/mol. The summed E-state index contributed by atoms with van der Waals surface area (Å²) in [5.74, 6) is -0.0683. The Morgan fingerprint density at radius 2 is 2.05 bits per heavy atom. The largest absolute Gasteiger partial charge is 0.444 e. The van der Waals surface area contributed by atoms with Gasteiger partial charge in [-0.25, -0.2) is 4.79 Å². The van der Waals surface area contributed by atoms with Crippen molar-refractivity contribution in [2.24, 2.45) is 0 Å². The molecule has 2 rings (SSSR count). The third-order valence-corrected chi connectivity index (χ3v) is 3.62. The van der Waals surface area contributed by atoms with E-state index in [9.17, 15) is 9.90 Å². The van der Waals surface area contributed by atoms with Crippen molar-refractivity contribution in [1.82, 2.24) is 4.90 Å². The van der Waals surface area contributed by atoms with Crippen LogP contribution >= 0.6 is 0 Å². The van der Waals surface area contributed by atoms with Crippen LogP contribution in [0.2, 0.25) is 0 Å². The Labute approximate surface area is 131 Å². The maximum atomic E-state index is 12.3. The SMILES string of the molecule is CC(C)(C)OC(=O)N1CCO[C@H](CO)C(c2ccccc2)C1. The average Bonchev–Trinajstić information content (AvgIpc) is 2.68. The van der Waals surface area contributed by atoms with Gasteiger partial charge in [0.05, 0.1) is 19.3 Å². The molecule has 2 atom stereocenters. The zero-order valence-corrected chi connectivity index (χ0v) is 13.5. The van der Waals surface area contributed by atoms with E-state index in [0.717, 1.165) is 5.56 Å². The summed E-state index contributed by atoms with van der Waals surface area (Å²) in [6, 6.07) is 9.84. The summed E-state index contributed by atoms with van der Waals surface area (Å²) in [5.41, 5.74) is 0.528. The Morgan fingerprint density at radius 3 is 2.64 bits per heavy atom. The van der Waals surface area contributed by atoms with E-state index in [0.29, 0.717) is 19.7 Å². The zero-order chi connectivity index (χ0) is 16.2. The molecule has 1 heterocycles. The second-order valence-corrected chi connectivity index (χ2v) is 6.54. The molecule has 0 aliphatic carbocycles. The highest BCUT2D eigenvalue weighted by atomic mass is 16.6. The predicted molar refractivity (Wildman–Crippen MR) is 83.8 cm³/mol. The van der Waals surface area contributed by atoms with E-state index in [2.05, 4.69) is 0 Å². The fourth-order valence-corrected chi connectivity index (χ4v) is 2.57. The topological polar surface area (TPSA) is 59.0 Å². The minimum atomic E-state index is -0.525. The Bertz CT molecular complexity index is 483. The number of hydrogen-bond donors (Lipinski definition) is 1. The van der Waals surface area contributed by atoms with Crippen LogP contribution in [0, 0.1) is 0 Å². The van der Waals surface area contributed by atoms with Crippen LogP contribution in [0.4, 0.5) is 4.79 Å². The Hall–Kier alpha value is -1.59. The molecule has 1 aromatic rings. The molecule has 1 aromatic carbocycles. The van der Waals surface area contributed by atoms with Gasteiger partial charge in [0.25, 0.3) is 0 Å². The Balaban J connectivity index is 2.17. The third-order valence-electron chi connectivity index (χ3n) is 3.62. The van der Waals surface area contributed by atoms with Gasteiger partial charge in [-0.15, -0.1) is 0 Å². The minimum Gasteiger partial charge on any atom is -0.444 e. The van der Waals surface area contributed by atoms with Crippen molar-refractivity contribution >= 4 is 6.09 Å². The van der Waals surface area contributed by atoms with Crippen molar-refractivity contribution in [2.45, 2.75) is 38.4 Å². The highest BCUT2D eigenvalue weighted by Gasteiger charge is 2.32. The molecule has 1 fully saturated rings. The number of amides is 1. The highest BCUT2D eigenvalue weighted by Crippen LogP contribution is 2.26. The molecule has 5 heteroatoms.